The summed E-state index contributed by atoms with van der Waals surface area (Å²) in [6.45, 7) is 3.67. The van der Waals surface area contributed by atoms with E-state index in [-0.39, 0.29) is 12.5 Å². The number of unbranched alkanes of at least 4 members (excludes halogenated alkanes) is 36. The molecule has 1 aliphatic heterocycles. The summed E-state index contributed by atoms with van der Waals surface area (Å²) in [4.78, 5) is 13.1. The van der Waals surface area contributed by atoms with E-state index < -0.39 is 49.5 Å². The molecule has 0 saturated carbocycles. The molecule has 1 aliphatic rings. The Bertz CT molecular complexity index is 1830. The maximum absolute atomic E-state index is 13.1. The second kappa shape index (κ2) is 67.5. The average molecular weight is 1240 g/mol. The molecule has 0 radical (unpaired) electrons. The van der Waals surface area contributed by atoms with Crippen LogP contribution in [-0.4, -0.2) is 87.5 Å². The monoisotopic (exact) mass is 1240 g/mol. The molecule has 1 fully saturated rings. The third-order valence-electron chi connectivity index (χ3n) is 17.0. The zero-order chi connectivity index (χ0) is 64.2. The number of carbonyl (C=O) groups excluding carboxylic acids is 1. The normalized spacial score (nSPS) is 18.6. The highest BCUT2D eigenvalue weighted by Crippen LogP contribution is 2.23. The Hall–Kier alpha value is -3.41. The van der Waals surface area contributed by atoms with Crippen molar-refractivity contribution in [1.29, 1.82) is 0 Å². The topological polar surface area (TPSA) is 149 Å². The van der Waals surface area contributed by atoms with Gasteiger partial charge in [-0.1, -0.05) is 334 Å². The van der Waals surface area contributed by atoms with E-state index in [1.54, 1.807) is 6.08 Å². The fraction of sp³-hybridized carbons (Fsp3) is 0.738. The summed E-state index contributed by atoms with van der Waals surface area (Å²) in [5.74, 6) is -0.192. The number of ether oxygens (including phenoxy) is 2. The Morgan fingerprint density at radius 1 is 0.393 bits per heavy atom. The summed E-state index contributed by atoms with van der Waals surface area (Å²) < 4.78 is 11.3. The molecule has 0 aromatic rings. The van der Waals surface area contributed by atoms with E-state index in [0.29, 0.717) is 6.42 Å². The Balaban J connectivity index is 2.14. The number of carbonyl (C=O) groups is 1. The fourth-order valence-corrected chi connectivity index (χ4v) is 11.2. The minimum absolute atomic E-state index is 0.192. The number of hydrogen-bond donors (Lipinski definition) is 6. The standard InChI is InChI=1S/C80H139NO8/c1-3-5-7-9-11-13-15-17-19-21-23-25-27-29-31-33-34-35-36-37-38-39-40-42-44-46-48-50-52-54-56-58-60-62-64-66-68-70-76(84)81-73(72-88-80-79(87)78(86)77(85)75(71-82)89-80)74(83)69-67-65-63-61-59-57-55-53-51-49-47-45-43-41-32-30-28-26-24-22-20-18-16-14-12-10-8-6-4-2/h5,7,11,13,17,19,23,25,29,31,34-35,37-38,51,53,59,61,67,69,73-75,77-80,82-83,85-87H,3-4,6,8-10,12,14-16,18,20-22,24,26-28,30,32-33,36,39-50,52,54-58,60,62-66,68,70-72H2,1-2H3,(H,81,84)/b7-5-,13-11-,19-17-,25-23-,31-29-,35-34-,38-37-,53-51+,61-59+,69-67+. The Morgan fingerprint density at radius 2 is 0.708 bits per heavy atom. The molecule has 7 atom stereocenters. The minimum atomic E-state index is -1.58. The molecule has 0 aromatic heterocycles. The number of aliphatic hydroxyl groups is 5. The summed E-state index contributed by atoms with van der Waals surface area (Å²) in [5, 5.41) is 54.8. The van der Waals surface area contributed by atoms with Gasteiger partial charge in [0.1, 0.15) is 24.4 Å². The third-order valence-corrected chi connectivity index (χ3v) is 17.0. The Morgan fingerprint density at radius 3 is 1.08 bits per heavy atom. The van der Waals surface area contributed by atoms with Crippen LogP contribution in [0.2, 0.25) is 0 Å². The van der Waals surface area contributed by atoms with Gasteiger partial charge in [-0.2, -0.15) is 0 Å². The van der Waals surface area contributed by atoms with Crippen LogP contribution >= 0.6 is 0 Å². The predicted molar refractivity (Wildman–Crippen MR) is 382 cm³/mol. The molecule has 1 amide bonds. The predicted octanol–water partition coefficient (Wildman–Crippen LogP) is 21.0. The molecule has 0 aliphatic carbocycles. The highest BCUT2D eigenvalue weighted by molar-refractivity contribution is 5.76. The van der Waals surface area contributed by atoms with E-state index in [1.165, 1.54) is 212 Å². The van der Waals surface area contributed by atoms with Crippen molar-refractivity contribution in [1.82, 2.24) is 5.32 Å². The summed E-state index contributed by atoms with van der Waals surface area (Å²) in [6, 6.07) is -0.837. The fourth-order valence-electron chi connectivity index (χ4n) is 11.2. The number of rotatable bonds is 64. The van der Waals surface area contributed by atoms with E-state index in [1.807, 2.05) is 6.08 Å². The second-order valence-corrected chi connectivity index (χ2v) is 25.3. The van der Waals surface area contributed by atoms with Crippen LogP contribution in [0.3, 0.4) is 0 Å². The highest BCUT2D eigenvalue weighted by Gasteiger charge is 2.44. The molecule has 0 bridgehead atoms. The van der Waals surface area contributed by atoms with Gasteiger partial charge in [-0.15, -0.1) is 0 Å². The van der Waals surface area contributed by atoms with Crippen molar-refractivity contribution in [3.63, 3.8) is 0 Å². The van der Waals surface area contributed by atoms with Crippen LogP contribution in [0.4, 0.5) is 0 Å². The van der Waals surface area contributed by atoms with Gasteiger partial charge in [0.2, 0.25) is 5.91 Å². The lowest BCUT2D eigenvalue weighted by atomic mass is 9.99. The lowest BCUT2D eigenvalue weighted by Gasteiger charge is -2.40. The highest BCUT2D eigenvalue weighted by atomic mass is 16.7. The smallest absolute Gasteiger partial charge is 0.220 e. The van der Waals surface area contributed by atoms with Crippen molar-refractivity contribution in [3.05, 3.63) is 122 Å². The molecule has 512 valence electrons. The molecule has 7 unspecified atom stereocenters. The van der Waals surface area contributed by atoms with Gasteiger partial charge in [0.05, 0.1) is 25.4 Å². The molecule has 1 rings (SSSR count). The van der Waals surface area contributed by atoms with E-state index in [2.05, 4.69) is 129 Å². The Kier molecular flexibility index (Phi) is 63.4. The zero-order valence-electron chi connectivity index (χ0n) is 57.4. The van der Waals surface area contributed by atoms with Crippen LogP contribution in [0.1, 0.15) is 322 Å². The second-order valence-electron chi connectivity index (χ2n) is 25.3. The number of nitrogens with one attached hydrogen (secondary N) is 1. The summed E-state index contributed by atoms with van der Waals surface area (Å²) >= 11 is 0. The molecule has 9 heteroatoms. The van der Waals surface area contributed by atoms with E-state index in [4.69, 9.17) is 9.47 Å². The molecular weight excluding hydrogens is 1100 g/mol. The molecule has 0 spiro atoms. The first kappa shape index (κ1) is 83.6. The molecular formula is C80H139NO8. The number of aliphatic hydroxyl groups excluding tert-OH is 5. The van der Waals surface area contributed by atoms with Gasteiger partial charge in [0.15, 0.2) is 6.29 Å². The summed E-state index contributed by atoms with van der Waals surface area (Å²) in [6.07, 6.45) is 94.6. The molecule has 9 nitrogen and oxygen atoms in total. The molecule has 0 aromatic carbocycles. The van der Waals surface area contributed by atoms with Gasteiger partial charge >= 0.3 is 0 Å². The molecule has 89 heavy (non-hydrogen) atoms. The average Bonchev–Trinajstić information content (AvgIpc) is 2.28. The third kappa shape index (κ3) is 55.9. The quantitative estimate of drug-likeness (QED) is 0.0261. The van der Waals surface area contributed by atoms with Crippen molar-refractivity contribution in [2.75, 3.05) is 13.2 Å². The van der Waals surface area contributed by atoms with Gasteiger partial charge in [0, 0.05) is 6.42 Å². The lowest BCUT2D eigenvalue weighted by molar-refractivity contribution is -0.302. The van der Waals surface area contributed by atoms with Crippen LogP contribution in [0.15, 0.2) is 122 Å². The van der Waals surface area contributed by atoms with E-state index in [9.17, 15) is 30.3 Å². The largest absolute Gasteiger partial charge is 0.394 e. The molecule has 1 heterocycles. The molecule has 6 N–H and O–H groups in total. The molecule has 1 saturated heterocycles. The van der Waals surface area contributed by atoms with Crippen molar-refractivity contribution in [3.8, 4) is 0 Å². The van der Waals surface area contributed by atoms with Crippen LogP contribution in [0, 0.1) is 0 Å². The maximum Gasteiger partial charge on any atom is 0.220 e. The number of hydrogen-bond acceptors (Lipinski definition) is 8. The first-order chi connectivity index (χ1) is 43.8. The number of allylic oxidation sites excluding steroid dienone is 19. The zero-order valence-corrected chi connectivity index (χ0v) is 57.4. The number of amides is 1. The Labute approximate surface area is 548 Å². The summed E-state index contributed by atoms with van der Waals surface area (Å²) in [5.41, 5.74) is 0. The lowest BCUT2D eigenvalue weighted by Crippen LogP contribution is -2.60. The van der Waals surface area contributed by atoms with Gasteiger partial charge in [-0.25, -0.2) is 0 Å². The first-order valence-electron chi connectivity index (χ1n) is 37.3. The van der Waals surface area contributed by atoms with Gasteiger partial charge in [-0.05, 0) is 103 Å². The van der Waals surface area contributed by atoms with Crippen molar-refractivity contribution >= 4 is 5.91 Å². The van der Waals surface area contributed by atoms with Gasteiger partial charge in [-0.3, -0.25) is 4.79 Å². The van der Waals surface area contributed by atoms with Gasteiger partial charge in [0.25, 0.3) is 0 Å². The van der Waals surface area contributed by atoms with Crippen molar-refractivity contribution in [2.45, 2.75) is 365 Å². The van der Waals surface area contributed by atoms with Crippen LogP contribution in [-0.2, 0) is 14.3 Å². The van der Waals surface area contributed by atoms with Crippen LogP contribution < -0.4 is 5.32 Å². The van der Waals surface area contributed by atoms with E-state index >= 15 is 0 Å². The van der Waals surface area contributed by atoms with Crippen molar-refractivity contribution in [2.24, 2.45) is 0 Å². The van der Waals surface area contributed by atoms with Crippen molar-refractivity contribution < 1.29 is 39.8 Å². The summed E-state index contributed by atoms with van der Waals surface area (Å²) in [7, 11) is 0. The van der Waals surface area contributed by atoms with Crippen LogP contribution in [0.25, 0.3) is 0 Å². The van der Waals surface area contributed by atoms with Gasteiger partial charge < -0.3 is 40.3 Å². The minimum Gasteiger partial charge on any atom is -0.394 e. The SMILES string of the molecule is CC/C=C\C/C=C\C/C=C\C/C=C\C/C=C\C/C=C\C/C=C\CCCCCCCCCCCCCCCCCC(=O)NC(COC1OC(CO)C(O)C(O)C1O)C(O)/C=C/CC/C=C/CC/C=C/CCCCCCCCCCCCCCCCCCCCC. The van der Waals surface area contributed by atoms with Crippen LogP contribution in [0.5, 0.6) is 0 Å². The maximum atomic E-state index is 13.1. The first-order valence-corrected chi connectivity index (χ1v) is 37.3. The van der Waals surface area contributed by atoms with E-state index in [0.717, 1.165) is 89.9 Å².